The second-order valence-corrected chi connectivity index (χ2v) is 5.35. The quantitative estimate of drug-likeness (QED) is 0.839. The van der Waals surface area contributed by atoms with Gasteiger partial charge >= 0.3 is 0 Å². The standard InChI is InChI=1S/C12H18BrN3/c1-9(6-15-11-4-5-11)14-8-12-3-2-10(13)7-16-12/h2-3,7,9,11,14-15H,4-6,8H2,1H3. The van der Waals surface area contributed by atoms with Crippen LogP contribution >= 0.6 is 15.9 Å². The highest BCUT2D eigenvalue weighted by Crippen LogP contribution is 2.18. The Morgan fingerprint density at radius 2 is 2.31 bits per heavy atom. The maximum atomic E-state index is 4.33. The van der Waals surface area contributed by atoms with E-state index in [0.29, 0.717) is 6.04 Å². The minimum absolute atomic E-state index is 0.492. The average Bonchev–Trinajstić information content (AvgIpc) is 3.09. The number of aromatic nitrogens is 1. The molecule has 0 radical (unpaired) electrons. The summed E-state index contributed by atoms with van der Waals surface area (Å²) >= 11 is 3.38. The molecule has 0 bridgehead atoms. The van der Waals surface area contributed by atoms with Crippen LogP contribution in [0.3, 0.4) is 0 Å². The van der Waals surface area contributed by atoms with Crippen LogP contribution in [0.5, 0.6) is 0 Å². The van der Waals surface area contributed by atoms with E-state index < -0.39 is 0 Å². The third-order valence-corrected chi connectivity index (χ3v) is 3.18. The molecule has 88 valence electrons. The predicted molar refractivity (Wildman–Crippen MR) is 69.3 cm³/mol. The molecule has 4 heteroatoms. The second-order valence-electron chi connectivity index (χ2n) is 4.43. The maximum absolute atomic E-state index is 4.33. The summed E-state index contributed by atoms with van der Waals surface area (Å²) in [4.78, 5) is 4.33. The zero-order valence-corrected chi connectivity index (χ0v) is 11.1. The molecule has 0 aromatic carbocycles. The van der Waals surface area contributed by atoms with E-state index >= 15 is 0 Å². The van der Waals surface area contributed by atoms with Crippen molar-refractivity contribution in [3.63, 3.8) is 0 Å². The Hall–Kier alpha value is -0.450. The Morgan fingerprint density at radius 1 is 1.50 bits per heavy atom. The summed E-state index contributed by atoms with van der Waals surface area (Å²) in [5.74, 6) is 0. The highest BCUT2D eigenvalue weighted by Gasteiger charge is 2.20. The molecule has 1 unspecified atom stereocenters. The van der Waals surface area contributed by atoms with Crippen LogP contribution < -0.4 is 10.6 Å². The first-order valence-electron chi connectivity index (χ1n) is 5.81. The van der Waals surface area contributed by atoms with E-state index in [1.807, 2.05) is 18.3 Å². The molecule has 1 fully saturated rings. The van der Waals surface area contributed by atoms with Gasteiger partial charge in [-0.3, -0.25) is 4.98 Å². The molecule has 2 N–H and O–H groups in total. The fraction of sp³-hybridized carbons (Fsp3) is 0.583. The highest BCUT2D eigenvalue weighted by molar-refractivity contribution is 9.10. The van der Waals surface area contributed by atoms with Crippen molar-refractivity contribution >= 4 is 15.9 Å². The van der Waals surface area contributed by atoms with Crippen molar-refractivity contribution in [3.05, 3.63) is 28.5 Å². The van der Waals surface area contributed by atoms with Crippen LogP contribution in [0.4, 0.5) is 0 Å². The van der Waals surface area contributed by atoms with Gasteiger partial charge in [0.25, 0.3) is 0 Å². The van der Waals surface area contributed by atoms with Crippen molar-refractivity contribution in [2.45, 2.75) is 38.4 Å². The van der Waals surface area contributed by atoms with E-state index in [-0.39, 0.29) is 0 Å². The van der Waals surface area contributed by atoms with Crippen molar-refractivity contribution in [3.8, 4) is 0 Å². The lowest BCUT2D eigenvalue weighted by Gasteiger charge is -2.14. The number of nitrogens with one attached hydrogen (secondary N) is 2. The summed E-state index contributed by atoms with van der Waals surface area (Å²) in [7, 11) is 0. The topological polar surface area (TPSA) is 37.0 Å². The molecule has 3 nitrogen and oxygen atoms in total. The van der Waals surface area contributed by atoms with Crippen molar-refractivity contribution in [1.82, 2.24) is 15.6 Å². The van der Waals surface area contributed by atoms with Crippen molar-refractivity contribution in [2.75, 3.05) is 6.54 Å². The molecule has 1 atom stereocenters. The molecular weight excluding hydrogens is 266 g/mol. The summed E-state index contributed by atoms with van der Waals surface area (Å²) in [6, 6.07) is 5.34. The summed E-state index contributed by atoms with van der Waals surface area (Å²) in [6.07, 6.45) is 4.53. The number of nitrogens with zero attached hydrogens (tertiary/aromatic N) is 1. The van der Waals surface area contributed by atoms with Gasteiger partial charge in [0, 0.05) is 35.8 Å². The van der Waals surface area contributed by atoms with Crippen LogP contribution in [-0.2, 0) is 6.54 Å². The molecule has 2 rings (SSSR count). The van der Waals surface area contributed by atoms with Crippen LogP contribution in [0.15, 0.2) is 22.8 Å². The van der Waals surface area contributed by atoms with E-state index in [0.717, 1.165) is 29.3 Å². The van der Waals surface area contributed by atoms with Crippen LogP contribution in [0, 0.1) is 0 Å². The smallest absolute Gasteiger partial charge is 0.0542 e. The molecule has 1 aliphatic carbocycles. The van der Waals surface area contributed by atoms with Crippen LogP contribution in [0.25, 0.3) is 0 Å². The molecule has 16 heavy (non-hydrogen) atoms. The number of hydrogen-bond acceptors (Lipinski definition) is 3. The molecule has 1 aromatic heterocycles. The maximum Gasteiger partial charge on any atom is 0.0542 e. The molecule has 0 spiro atoms. The fourth-order valence-corrected chi connectivity index (χ4v) is 1.73. The van der Waals surface area contributed by atoms with Gasteiger partial charge in [-0.05, 0) is 47.8 Å². The van der Waals surface area contributed by atoms with Crippen LogP contribution in [-0.4, -0.2) is 23.6 Å². The molecule has 1 heterocycles. The Bertz CT molecular complexity index is 322. The van der Waals surface area contributed by atoms with Crippen LogP contribution in [0.2, 0.25) is 0 Å². The first kappa shape index (κ1) is 12.0. The normalized spacial score (nSPS) is 17.4. The lowest BCUT2D eigenvalue weighted by molar-refractivity contribution is 0.496. The van der Waals surface area contributed by atoms with Gasteiger partial charge in [0.15, 0.2) is 0 Å². The molecule has 0 amide bonds. The van der Waals surface area contributed by atoms with E-state index in [1.165, 1.54) is 12.8 Å². The molecule has 0 saturated heterocycles. The van der Waals surface area contributed by atoms with Crippen molar-refractivity contribution in [2.24, 2.45) is 0 Å². The van der Waals surface area contributed by atoms with E-state index in [4.69, 9.17) is 0 Å². The third-order valence-electron chi connectivity index (χ3n) is 2.71. The minimum Gasteiger partial charge on any atom is -0.312 e. The van der Waals surface area contributed by atoms with Crippen molar-refractivity contribution < 1.29 is 0 Å². The van der Waals surface area contributed by atoms with E-state index in [1.54, 1.807) is 0 Å². The van der Waals surface area contributed by atoms with Gasteiger partial charge in [0.1, 0.15) is 0 Å². The summed E-state index contributed by atoms with van der Waals surface area (Å²) in [6.45, 7) is 4.08. The number of pyridine rings is 1. The zero-order valence-electron chi connectivity index (χ0n) is 9.54. The van der Waals surface area contributed by atoms with Gasteiger partial charge in [0.05, 0.1) is 5.69 Å². The van der Waals surface area contributed by atoms with Gasteiger partial charge in [0.2, 0.25) is 0 Å². The lowest BCUT2D eigenvalue weighted by atomic mass is 10.3. The highest BCUT2D eigenvalue weighted by atomic mass is 79.9. The minimum atomic E-state index is 0.492. The number of halogens is 1. The largest absolute Gasteiger partial charge is 0.312 e. The van der Waals surface area contributed by atoms with E-state index in [9.17, 15) is 0 Å². The van der Waals surface area contributed by atoms with Crippen LogP contribution in [0.1, 0.15) is 25.5 Å². The zero-order chi connectivity index (χ0) is 11.4. The molecule has 0 aliphatic heterocycles. The summed E-state index contributed by atoms with van der Waals surface area (Å²) in [5, 5.41) is 6.97. The van der Waals surface area contributed by atoms with E-state index in [2.05, 4.69) is 38.5 Å². The Balaban J connectivity index is 1.67. The monoisotopic (exact) mass is 283 g/mol. The second kappa shape index (κ2) is 5.75. The van der Waals surface area contributed by atoms with Gasteiger partial charge in [-0.15, -0.1) is 0 Å². The molecule has 1 aliphatic rings. The summed E-state index contributed by atoms with van der Waals surface area (Å²) in [5.41, 5.74) is 1.08. The molecule has 1 saturated carbocycles. The van der Waals surface area contributed by atoms with Crippen molar-refractivity contribution in [1.29, 1.82) is 0 Å². The first-order chi connectivity index (χ1) is 7.74. The average molecular weight is 284 g/mol. The SMILES string of the molecule is CC(CNC1CC1)NCc1ccc(Br)cn1. The Kier molecular flexibility index (Phi) is 4.32. The van der Waals surface area contributed by atoms with Gasteiger partial charge in [-0.2, -0.15) is 0 Å². The Morgan fingerprint density at radius 3 is 2.94 bits per heavy atom. The number of hydrogen-bond donors (Lipinski definition) is 2. The third kappa shape index (κ3) is 4.20. The van der Waals surface area contributed by atoms with Gasteiger partial charge in [-0.1, -0.05) is 0 Å². The Labute approximate surface area is 105 Å². The number of rotatable bonds is 6. The predicted octanol–water partition coefficient (Wildman–Crippen LogP) is 2.07. The van der Waals surface area contributed by atoms with Gasteiger partial charge in [-0.25, -0.2) is 0 Å². The summed E-state index contributed by atoms with van der Waals surface area (Å²) < 4.78 is 1.03. The first-order valence-corrected chi connectivity index (χ1v) is 6.60. The fourth-order valence-electron chi connectivity index (χ4n) is 1.49. The molecule has 1 aromatic rings. The molecular formula is C12H18BrN3. The lowest BCUT2D eigenvalue weighted by Crippen LogP contribution is -2.36. The van der Waals surface area contributed by atoms with Gasteiger partial charge < -0.3 is 10.6 Å².